The number of rotatable bonds is 4. The highest BCUT2D eigenvalue weighted by Crippen LogP contribution is 2.32. The molecule has 1 unspecified atom stereocenters. The van der Waals surface area contributed by atoms with E-state index >= 15 is 0 Å². The topological polar surface area (TPSA) is 86.0 Å². The first-order chi connectivity index (χ1) is 15.8. The maximum atomic E-state index is 12.9. The van der Waals surface area contributed by atoms with Crippen molar-refractivity contribution in [2.45, 2.75) is 50.4 Å². The zero-order chi connectivity index (χ0) is 23.2. The van der Waals surface area contributed by atoms with E-state index in [2.05, 4.69) is 20.9 Å². The molecule has 33 heavy (non-hydrogen) atoms. The minimum atomic E-state index is -4.47. The molecule has 0 bridgehead atoms. The first kappa shape index (κ1) is 21.4. The lowest BCUT2D eigenvalue weighted by atomic mass is 9.91. The SMILES string of the molecule is O=C(Nc1cccc(C(F)(F)F)c1)NC1CCc2[nH]c3c(C(=O)NC4CC4)cccc3c2C1. The van der Waals surface area contributed by atoms with E-state index in [4.69, 9.17) is 0 Å². The molecule has 1 heterocycles. The molecule has 1 saturated carbocycles. The highest BCUT2D eigenvalue weighted by atomic mass is 19.4. The summed E-state index contributed by atoms with van der Waals surface area (Å²) < 4.78 is 38.7. The van der Waals surface area contributed by atoms with Gasteiger partial charge in [-0.25, -0.2) is 4.79 Å². The quantitative estimate of drug-likeness (QED) is 0.456. The van der Waals surface area contributed by atoms with Crippen LogP contribution in [0.15, 0.2) is 42.5 Å². The smallest absolute Gasteiger partial charge is 0.357 e. The van der Waals surface area contributed by atoms with Crippen molar-refractivity contribution in [1.29, 1.82) is 0 Å². The minimum absolute atomic E-state index is 0.0808. The van der Waals surface area contributed by atoms with Crippen LogP contribution in [0.4, 0.5) is 23.7 Å². The Hall–Kier alpha value is -3.49. The summed E-state index contributed by atoms with van der Waals surface area (Å²) in [7, 11) is 0. The number of para-hydroxylation sites is 1. The van der Waals surface area contributed by atoms with Gasteiger partial charge in [0, 0.05) is 28.9 Å². The number of aryl methyl sites for hydroxylation is 1. The number of hydrogen-bond donors (Lipinski definition) is 4. The summed E-state index contributed by atoms with van der Waals surface area (Å²) in [5, 5.41) is 9.34. The Morgan fingerprint density at radius 1 is 0.970 bits per heavy atom. The summed E-state index contributed by atoms with van der Waals surface area (Å²) in [5.41, 5.74) is 2.78. The number of benzene rings is 2. The van der Waals surface area contributed by atoms with E-state index in [0.717, 1.165) is 47.1 Å². The molecule has 2 aliphatic rings. The number of alkyl halides is 3. The van der Waals surface area contributed by atoms with Gasteiger partial charge in [0.15, 0.2) is 0 Å². The van der Waals surface area contributed by atoms with Crippen LogP contribution in [0.5, 0.6) is 0 Å². The number of fused-ring (bicyclic) bond motifs is 3. The largest absolute Gasteiger partial charge is 0.416 e. The second kappa shape index (κ2) is 8.13. The van der Waals surface area contributed by atoms with Gasteiger partial charge in [-0.05, 0) is 61.9 Å². The fraction of sp³-hybridized carbons (Fsp3) is 0.333. The van der Waals surface area contributed by atoms with Crippen molar-refractivity contribution in [1.82, 2.24) is 15.6 Å². The number of aromatic nitrogens is 1. The third kappa shape index (κ3) is 4.53. The normalized spacial score (nSPS) is 18.0. The van der Waals surface area contributed by atoms with Crippen molar-refractivity contribution in [3.63, 3.8) is 0 Å². The Morgan fingerprint density at radius 3 is 2.52 bits per heavy atom. The van der Waals surface area contributed by atoms with Crippen LogP contribution in [-0.2, 0) is 19.0 Å². The van der Waals surface area contributed by atoms with Gasteiger partial charge in [0.25, 0.3) is 5.91 Å². The molecule has 3 aromatic rings. The average molecular weight is 456 g/mol. The molecule has 0 aliphatic heterocycles. The summed E-state index contributed by atoms with van der Waals surface area (Å²) in [5.74, 6) is -0.0863. The number of amides is 3. The van der Waals surface area contributed by atoms with Gasteiger partial charge in [-0.3, -0.25) is 4.79 Å². The standard InChI is InChI=1S/C24H23F3N4O2/c25-24(26,27)13-3-1-4-15(11-13)29-23(33)30-16-9-10-20-19(12-16)17-5-2-6-18(21(17)31-20)22(32)28-14-7-8-14/h1-6,11,14,16,31H,7-10,12H2,(H,28,32)(H2,29,30,33). The number of anilines is 1. The first-order valence-corrected chi connectivity index (χ1v) is 11.0. The fourth-order valence-corrected chi connectivity index (χ4v) is 4.37. The molecule has 1 aromatic heterocycles. The Kier molecular flexibility index (Phi) is 5.26. The number of carbonyl (C=O) groups excluding carboxylic acids is 2. The van der Waals surface area contributed by atoms with Crippen molar-refractivity contribution in [2.75, 3.05) is 5.32 Å². The van der Waals surface area contributed by atoms with Crippen LogP contribution in [0.3, 0.4) is 0 Å². The first-order valence-electron chi connectivity index (χ1n) is 11.0. The van der Waals surface area contributed by atoms with Crippen molar-refractivity contribution < 1.29 is 22.8 Å². The number of carbonyl (C=O) groups is 2. The summed E-state index contributed by atoms with van der Waals surface area (Å²) in [6.07, 6.45) is -0.504. The highest BCUT2D eigenvalue weighted by molar-refractivity contribution is 6.07. The average Bonchev–Trinajstić information content (AvgIpc) is 3.50. The number of hydrogen-bond acceptors (Lipinski definition) is 2. The monoisotopic (exact) mass is 456 g/mol. The van der Waals surface area contributed by atoms with Gasteiger partial charge in [0.2, 0.25) is 0 Å². The number of H-pyrrole nitrogens is 1. The summed E-state index contributed by atoms with van der Waals surface area (Å²) >= 11 is 0. The van der Waals surface area contributed by atoms with Crippen LogP contribution < -0.4 is 16.0 Å². The van der Waals surface area contributed by atoms with E-state index in [1.807, 2.05) is 12.1 Å². The van der Waals surface area contributed by atoms with E-state index in [0.29, 0.717) is 24.8 Å². The molecule has 2 aromatic carbocycles. The lowest BCUT2D eigenvalue weighted by Gasteiger charge is -2.24. The summed E-state index contributed by atoms with van der Waals surface area (Å²) in [4.78, 5) is 28.5. The summed E-state index contributed by atoms with van der Waals surface area (Å²) in [6, 6.07) is 9.71. The molecule has 6 nitrogen and oxygen atoms in total. The number of urea groups is 1. The minimum Gasteiger partial charge on any atom is -0.357 e. The lowest BCUT2D eigenvalue weighted by Crippen LogP contribution is -2.41. The Balaban J connectivity index is 1.29. The molecule has 0 spiro atoms. The molecule has 4 N–H and O–H groups in total. The van der Waals surface area contributed by atoms with Crippen LogP contribution in [-0.4, -0.2) is 29.0 Å². The van der Waals surface area contributed by atoms with Gasteiger partial charge in [0.1, 0.15) is 0 Å². The van der Waals surface area contributed by atoms with Crippen molar-refractivity contribution >= 4 is 28.5 Å². The van der Waals surface area contributed by atoms with Gasteiger partial charge in [-0.1, -0.05) is 18.2 Å². The third-order valence-corrected chi connectivity index (χ3v) is 6.16. The lowest BCUT2D eigenvalue weighted by molar-refractivity contribution is -0.137. The van der Waals surface area contributed by atoms with Gasteiger partial charge < -0.3 is 20.9 Å². The van der Waals surface area contributed by atoms with Crippen molar-refractivity contribution in [3.8, 4) is 0 Å². The van der Waals surface area contributed by atoms with E-state index in [1.165, 1.54) is 12.1 Å². The molecular weight excluding hydrogens is 433 g/mol. The van der Waals surface area contributed by atoms with E-state index in [1.54, 1.807) is 6.07 Å². The third-order valence-electron chi connectivity index (χ3n) is 6.16. The molecule has 5 rings (SSSR count). The molecule has 1 atom stereocenters. The molecular formula is C24H23F3N4O2. The zero-order valence-electron chi connectivity index (χ0n) is 17.7. The van der Waals surface area contributed by atoms with Crippen LogP contribution in [0.25, 0.3) is 10.9 Å². The molecule has 1 fully saturated rings. The molecule has 9 heteroatoms. The van der Waals surface area contributed by atoms with E-state index in [9.17, 15) is 22.8 Å². The van der Waals surface area contributed by atoms with Crippen LogP contribution in [0.2, 0.25) is 0 Å². The maximum Gasteiger partial charge on any atom is 0.416 e. The highest BCUT2D eigenvalue weighted by Gasteiger charge is 2.31. The number of aromatic amines is 1. The predicted molar refractivity (Wildman–Crippen MR) is 118 cm³/mol. The van der Waals surface area contributed by atoms with Gasteiger partial charge in [-0.15, -0.1) is 0 Å². The Labute approximate surface area is 187 Å². The molecule has 0 saturated heterocycles. The van der Waals surface area contributed by atoms with E-state index in [-0.39, 0.29) is 23.7 Å². The summed E-state index contributed by atoms with van der Waals surface area (Å²) in [6.45, 7) is 0. The van der Waals surface area contributed by atoms with Crippen molar-refractivity contribution in [3.05, 3.63) is 64.8 Å². The molecule has 172 valence electrons. The second-order valence-electron chi connectivity index (χ2n) is 8.67. The van der Waals surface area contributed by atoms with Gasteiger partial charge in [-0.2, -0.15) is 13.2 Å². The van der Waals surface area contributed by atoms with Gasteiger partial charge >= 0.3 is 12.2 Å². The van der Waals surface area contributed by atoms with Crippen LogP contribution in [0, 0.1) is 0 Å². The molecule has 2 aliphatic carbocycles. The fourth-order valence-electron chi connectivity index (χ4n) is 4.37. The van der Waals surface area contributed by atoms with Crippen LogP contribution >= 0.6 is 0 Å². The predicted octanol–water partition coefficient (Wildman–Crippen LogP) is 4.76. The number of nitrogens with one attached hydrogen (secondary N) is 4. The van der Waals surface area contributed by atoms with Gasteiger partial charge in [0.05, 0.1) is 16.6 Å². The number of halogens is 3. The Bertz CT molecular complexity index is 1230. The zero-order valence-corrected chi connectivity index (χ0v) is 17.7. The van der Waals surface area contributed by atoms with Crippen molar-refractivity contribution in [2.24, 2.45) is 0 Å². The maximum absolute atomic E-state index is 12.9. The Morgan fingerprint density at radius 2 is 1.76 bits per heavy atom. The molecule has 0 radical (unpaired) electrons. The van der Waals surface area contributed by atoms with E-state index < -0.39 is 17.8 Å². The molecule has 3 amide bonds. The van der Waals surface area contributed by atoms with Crippen LogP contribution in [0.1, 0.15) is 46.4 Å². The second-order valence-corrected chi connectivity index (χ2v) is 8.67.